The lowest BCUT2D eigenvalue weighted by Crippen LogP contribution is -2.29. The van der Waals surface area contributed by atoms with Crippen LogP contribution < -0.4 is 10.5 Å². The Balaban J connectivity index is 2.32. The fourth-order valence-electron chi connectivity index (χ4n) is 1.73. The van der Waals surface area contributed by atoms with E-state index in [4.69, 9.17) is 28.3 Å². The van der Waals surface area contributed by atoms with E-state index < -0.39 is 15.9 Å². The Morgan fingerprint density at radius 3 is 2.50 bits per heavy atom. The van der Waals surface area contributed by atoms with Gasteiger partial charge in [0.15, 0.2) is 0 Å². The Morgan fingerprint density at radius 2 is 2.00 bits per heavy atom. The second-order valence-electron chi connectivity index (χ2n) is 5.27. The molecule has 0 bridgehead atoms. The van der Waals surface area contributed by atoms with Gasteiger partial charge in [-0.3, -0.25) is 4.79 Å². The normalized spacial score (nSPS) is 16.8. The number of carbonyl (C=O) groups is 1. The zero-order chi connectivity index (χ0) is 15.1. The highest BCUT2D eigenvalue weighted by molar-refractivity contribution is 7.89. The molecule has 3 N–H and O–H groups in total. The number of benzene rings is 1. The molecule has 0 radical (unpaired) electrons. The summed E-state index contributed by atoms with van der Waals surface area (Å²) in [5, 5.41) is 7.59. The molecule has 0 heterocycles. The summed E-state index contributed by atoms with van der Waals surface area (Å²) in [6.07, 6.45) is 2.10. The van der Waals surface area contributed by atoms with Gasteiger partial charge < -0.3 is 5.32 Å². The van der Waals surface area contributed by atoms with Gasteiger partial charge in [-0.25, -0.2) is 13.6 Å². The minimum atomic E-state index is -4.01. The molecule has 1 aromatic carbocycles. The number of nitrogens with one attached hydrogen (secondary N) is 1. The summed E-state index contributed by atoms with van der Waals surface area (Å²) in [5.41, 5.74) is 0.0516. The highest BCUT2D eigenvalue weighted by Gasteiger charge is 2.37. The van der Waals surface area contributed by atoms with Crippen molar-refractivity contribution in [2.24, 2.45) is 10.6 Å². The van der Waals surface area contributed by atoms with Crippen LogP contribution in [0.5, 0.6) is 0 Å². The van der Waals surface area contributed by atoms with Crippen LogP contribution in [-0.4, -0.2) is 20.9 Å². The number of halogens is 2. The van der Waals surface area contributed by atoms with Crippen molar-refractivity contribution in [1.29, 1.82) is 0 Å². The van der Waals surface area contributed by atoms with Gasteiger partial charge in [0, 0.05) is 6.54 Å². The van der Waals surface area contributed by atoms with E-state index in [9.17, 15) is 13.2 Å². The second-order valence-corrected chi connectivity index (χ2v) is 7.59. The van der Waals surface area contributed by atoms with Crippen LogP contribution in [0.2, 0.25) is 10.0 Å². The third kappa shape index (κ3) is 3.25. The minimum Gasteiger partial charge on any atom is -0.351 e. The van der Waals surface area contributed by atoms with Gasteiger partial charge in [-0.05, 0) is 30.4 Å². The zero-order valence-corrected chi connectivity index (χ0v) is 13.1. The average Bonchev–Trinajstić information content (AvgIpc) is 3.03. The topological polar surface area (TPSA) is 89.3 Å². The molecule has 20 heavy (non-hydrogen) atoms. The van der Waals surface area contributed by atoms with Crippen molar-refractivity contribution in [2.75, 3.05) is 6.54 Å². The second kappa shape index (κ2) is 5.18. The van der Waals surface area contributed by atoms with Crippen molar-refractivity contribution >= 4 is 39.1 Å². The summed E-state index contributed by atoms with van der Waals surface area (Å²) in [4.78, 5) is 11.8. The molecule has 0 unspecified atom stereocenters. The third-order valence-corrected chi connectivity index (χ3v) is 5.14. The van der Waals surface area contributed by atoms with Gasteiger partial charge in [0.25, 0.3) is 5.91 Å². The molecule has 1 aromatic rings. The van der Waals surface area contributed by atoms with Gasteiger partial charge in [-0.15, -0.1) is 0 Å². The van der Waals surface area contributed by atoms with Gasteiger partial charge in [-0.1, -0.05) is 30.1 Å². The summed E-state index contributed by atoms with van der Waals surface area (Å²) in [6, 6.07) is 2.47. The van der Waals surface area contributed by atoms with Crippen molar-refractivity contribution in [2.45, 2.75) is 24.7 Å². The van der Waals surface area contributed by atoms with E-state index in [1.807, 2.05) is 0 Å². The summed E-state index contributed by atoms with van der Waals surface area (Å²) < 4.78 is 22.8. The molecule has 1 aliphatic rings. The number of hydrogen-bond acceptors (Lipinski definition) is 3. The van der Waals surface area contributed by atoms with E-state index in [0.717, 1.165) is 12.8 Å². The molecule has 1 aliphatic carbocycles. The molecule has 0 aliphatic heterocycles. The lowest BCUT2D eigenvalue weighted by atomic mass is 10.1. The molecule has 0 atom stereocenters. The van der Waals surface area contributed by atoms with Gasteiger partial charge in [-0.2, -0.15) is 0 Å². The van der Waals surface area contributed by atoms with Crippen molar-refractivity contribution < 1.29 is 13.2 Å². The van der Waals surface area contributed by atoms with E-state index in [1.165, 1.54) is 12.1 Å². The molecule has 1 amide bonds. The monoisotopic (exact) mass is 336 g/mol. The summed E-state index contributed by atoms with van der Waals surface area (Å²) >= 11 is 11.9. The molecule has 0 saturated heterocycles. The first-order valence-corrected chi connectivity index (χ1v) is 8.23. The summed E-state index contributed by atoms with van der Waals surface area (Å²) in [5.74, 6) is -0.501. The maximum Gasteiger partial charge on any atom is 0.254 e. The third-order valence-electron chi connectivity index (χ3n) is 3.37. The fraction of sp³-hybridized carbons (Fsp3) is 0.417. The zero-order valence-electron chi connectivity index (χ0n) is 10.7. The first kappa shape index (κ1) is 15.6. The number of amides is 1. The molecule has 5 nitrogen and oxygen atoms in total. The predicted octanol–water partition coefficient (Wildman–Crippen LogP) is 2.17. The van der Waals surface area contributed by atoms with E-state index in [0.29, 0.717) is 6.54 Å². The molecule has 0 spiro atoms. The van der Waals surface area contributed by atoms with Gasteiger partial charge in [0.2, 0.25) is 10.0 Å². The fourth-order valence-corrected chi connectivity index (χ4v) is 3.21. The lowest BCUT2D eigenvalue weighted by molar-refractivity contribution is 0.0946. The van der Waals surface area contributed by atoms with Gasteiger partial charge >= 0.3 is 0 Å². The number of primary sulfonamides is 1. The van der Waals surface area contributed by atoms with Crippen LogP contribution in [0.4, 0.5) is 0 Å². The summed E-state index contributed by atoms with van der Waals surface area (Å²) in [7, 11) is -4.01. The largest absolute Gasteiger partial charge is 0.351 e. The Labute approximate surface area is 127 Å². The molecule has 2 rings (SSSR count). The van der Waals surface area contributed by atoms with Crippen LogP contribution in [0.25, 0.3) is 0 Å². The smallest absolute Gasteiger partial charge is 0.254 e. The predicted molar refractivity (Wildman–Crippen MR) is 77.5 cm³/mol. The van der Waals surface area contributed by atoms with Crippen LogP contribution in [0.1, 0.15) is 30.1 Å². The van der Waals surface area contributed by atoms with Crippen LogP contribution in [0.3, 0.4) is 0 Å². The number of carbonyl (C=O) groups excluding carboxylic acids is 1. The SMILES string of the molecule is CC1(CNC(=O)c2c(Cl)ccc(S(N)(=O)=O)c2Cl)CC1. The van der Waals surface area contributed by atoms with Crippen LogP contribution in [0.15, 0.2) is 17.0 Å². The first-order chi connectivity index (χ1) is 9.14. The molecule has 110 valence electrons. The van der Waals surface area contributed by atoms with Crippen LogP contribution in [0, 0.1) is 5.41 Å². The molecular weight excluding hydrogens is 323 g/mol. The Hall–Kier alpha value is -0.820. The van der Waals surface area contributed by atoms with Crippen LogP contribution >= 0.6 is 23.2 Å². The Bertz CT molecular complexity index is 670. The van der Waals surface area contributed by atoms with Gasteiger partial charge in [0.05, 0.1) is 15.6 Å². The number of nitrogens with two attached hydrogens (primary N) is 1. The van der Waals surface area contributed by atoms with Gasteiger partial charge in [0.1, 0.15) is 4.90 Å². The highest BCUT2D eigenvalue weighted by atomic mass is 35.5. The van der Waals surface area contributed by atoms with Crippen LogP contribution in [-0.2, 0) is 10.0 Å². The Kier molecular flexibility index (Phi) is 4.03. The molecule has 1 saturated carbocycles. The van der Waals surface area contributed by atoms with E-state index in [2.05, 4.69) is 12.2 Å². The number of sulfonamides is 1. The van der Waals surface area contributed by atoms with Crippen molar-refractivity contribution in [3.63, 3.8) is 0 Å². The first-order valence-electron chi connectivity index (χ1n) is 5.93. The molecule has 1 fully saturated rings. The molecule has 8 heteroatoms. The van der Waals surface area contributed by atoms with Crippen molar-refractivity contribution in [1.82, 2.24) is 5.32 Å². The van der Waals surface area contributed by atoms with E-state index >= 15 is 0 Å². The highest BCUT2D eigenvalue weighted by Crippen LogP contribution is 2.44. The lowest BCUT2D eigenvalue weighted by Gasteiger charge is -2.13. The Morgan fingerprint density at radius 1 is 1.40 bits per heavy atom. The standard InChI is InChI=1S/C12H14Cl2N2O3S/c1-12(4-5-12)6-16-11(17)9-7(13)2-3-8(10(9)14)20(15,18)19/h2-3H,4-6H2,1H3,(H,16,17)(H2,15,18,19). The van der Waals surface area contributed by atoms with E-state index in [-0.39, 0.29) is 25.9 Å². The van der Waals surface area contributed by atoms with Crippen molar-refractivity contribution in [3.8, 4) is 0 Å². The average molecular weight is 337 g/mol. The minimum absolute atomic E-state index is 0.0656. The maximum absolute atomic E-state index is 12.1. The number of hydrogen-bond donors (Lipinski definition) is 2. The van der Waals surface area contributed by atoms with Crippen molar-refractivity contribution in [3.05, 3.63) is 27.7 Å². The molecular formula is C12H14Cl2N2O3S. The number of rotatable bonds is 4. The molecule has 0 aromatic heterocycles. The maximum atomic E-state index is 12.1. The summed E-state index contributed by atoms with van der Waals surface area (Å²) in [6.45, 7) is 2.55. The quantitative estimate of drug-likeness (QED) is 0.882. The van der Waals surface area contributed by atoms with E-state index in [1.54, 1.807) is 0 Å².